The monoisotopic (exact) mass is 287 g/mol. The van der Waals surface area contributed by atoms with Crippen molar-refractivity contribution in [2.24, 2.45) is 0 Å². The van der Waals surface area contributed by atoms with E-state index >= 15 is 0 Å². The van der Waals surface area contributed by atoms with Gasteiger partial charge in [-0.2, -0.15) is 11.3 Å². The predicted molar refractivity (Wildman–Crippen MR) is 62.5 cm³/mol. The summed E-state index contributed by atoms with van der Waals surface area (Å²) in [4.78, 5) is 7.86. The van der Waals surface area contributed by atoms with Gasteiger partial charge in [0.05, 0.1) is 6.20 Å². The third-order valence-corrected chi connectivity index (χ3v) is 3.54. The molecule has 1 N–H and O–H groups in total. The molecule has 0 bridgehead atoms. The Morgan fingerprint density at radius 3 is 2.87 bits per heavy atom. The summed E-state index contributed by atoms with van der Waals surface area (Å²) in [5.74, 6) is -0.0161. The number of nitrogens with one attached hydrogen (secondary N) is 1. The van der Waals surface area contributed by atoms with Crippen LogP contribution in [0.1, 0.15) is 0 Å². The normalized spacial score (nSPS) is 10.3. The van der Waals surface area contributed by atoms with Gasteiger partial charge in [0.1, 0.15) is 5.69 Å². The van der Waals surface area contributed by atoms with Gasteiger partial charge < -0.3 is 5.32 Å². The van der Waals surface area contributed by atoms with Crippen LogP contribution in [0.15, 0.2) is 21.4 Å². The summed E-state index contributed by atoms with van der Waals surface area (Å²) < 4.78 is 14.3. The summed E-state index contributed by atoms with van der Waals surface area (Å²) >= 11 is 4.84. The number of hydrogen-bond donors (Lipinski definition) is 1. The molecule has 78 valence electrons. The molecule has 2 heterocycles. The van der Waals surface area contributed by atoms with E-state index in [0.717, 1.165) is 16.2 Å². The van der Waals surface area contributed by atoms with Crippen LogP contribution in [0.4, 0.5) is 10.3 Å². The zero-order valence-corrected chi connectivity index (χ0v) is 10.2. The zero-order chi connectivity index (χ0) is 10.8. The number of hydrogen-bond acceptors (Lipinski definition) is 4. The van der Waals surface area contributed by atoms with Gasteiger partial charge in [0, 0.05) is 27.8 Å². The smallest absolute Gasteiger partial charge is 0.223 e. The van der Waals surface area contributed by atoms with Crippen LogP contribution in [0, 0.1) is 5.82 Å². The fourth-order valence-corrected chi connectivity index (χ4v) is 2.59. The lowest BCUT2D eigenvalue weighted by Gasteiger charge is -2.03. The highest BCUT2D eigenvalue weighted by Gasteiger charge is 2.12. The number of thiophene rings is 1. The van der Waals surface area contributed by atoms with E-state index in [1.165, 1.54) is 11.3 Å². The van der Waals surface area contributed by atoms with Gasteiger partial charge in [0.25, 0.3) is 0 Å². The summed E-state index contributed by atoms with van der Waals surface area (Å²) in [5.41, 5.74) is 1.05. The Labute approximate surface area is 98.5 Å². The summed E-state index contributed by atoms with van der Waals surface area (Å²) in [6.07, 6.45) is 1.16. The molecule has 0 aliphatic carbocycles. The summed E-state index contributed by atoms with van der Waals surface area (Å²) in [7, 11) is 1.69. The SMILES string of the molecule is CNc1ncc(F)c(-c2cscc2Br)n1. The fraction of sp³-hybridized carbons (Fsp3) is 0.111. The van der Waals surface area contributed by atoms with Gasteiger partial charge >= 0.3 is 0 Å². The minimum Gasteiger partial charge on any atom is -0.357 e. The Balaban J connectivity index is 2.56. The first-order valence-corrected chi connectivity index (χ1v) is 5.88. The van der Waals surface area contributed by atoms with Crippen LogP contribution in [-0.4, -0.2) is 17.0 Å². The van der Waals surface area contributed by atoms with E-state index in [9.17, 15) is 4.39 Å². The van der Waals surface area contributed by atoms with Gasteiger partial charge in [0.2, 0.25) is 5.95 Å². The van der Waals surface area contributed by atoms with Crippen LogP contribution < -0.4 is 5.32 Å². The first-order valence-electron chi connectivity index (χ1n) is 4.14. The third kappa shape index (κ3) is 2.00. The second-order valence-corrected chi connectivity index (χ2v) is 4.37. The van der Waals surface area contributed by atoms with Crippen LogP contribution in [0.5, 0.6) is 0 Å². The average molecular weight is 288 g/mol. The van der Waals surface area contributed by atoms with E-state index < -0.39 is 5.82 Å². The van der Waals surface area contributed by atoms with Gasteiger partial charge in [-0.1, -0.05) is 0 Å². The second kappa shape index (κ2) is 4.24. The third-order valence-electron chi connectivity index (χ3n) is 1.84. The van der Waals surface area contributed by atoms with E-state index in [-0.39, 0.29) is 0 Å². The lowest BCUT2D eigenvalue weighted by atomic mass is 10.2. The van der Waals surface area contributed by atoms with E-state index in [1.54, 1.807) is 7.05 Å². The van der Waals surface area contributed by atoms with Gasteiger partial charge in [-0.25, -0.2) is 14.4 Å². The zero-order valence-electron chi connectivity index (χ0n) is 7.79. The van der Waals surface area contributed by atoms with Gasteiger partial charge in [0.15, 0.2) is 5.82 Å². The Kier molecular flexibility index (Phi) is 2.97. The molecule has 0 spiro atoms. The van der Waals surface area contributed by atoms with Crippen molar-refractivity contribution >= 4 is 33.2 Å². The number of rotatable bonds is 2. The molecule has 0 unspecified atom stereocenters. The van der Waals surface area contributed by atoms with Crippen molar-refractivity contribution in [2.45, 2.75) is 0 Å². The number of halogens is 2. The summed E-state index contributed by atoms with van der Waals surface area (Å²) in [6.45, 7) is 0. The minimum absolute atomic E-state index is 0.308. The molecule has 0 atom stereocenters. The first kappa shape index (κ1) is 10.5. The Bertz CT molecular complexity index is 486. The molecular formula is C9H7BrFN3S. The standard InChI is InChI=1S/C9H7BrFN3S/c1-12-9-13-2-7(11)8(14-9)5-3-15-4-6(5)10/h2-4H,1H3,(H,12,13,14). The van der Waals surface area contributed by atoms with Gasteiger partial charge in [-0.15, -0.1) is 0 Å². The van der Waals surface area contributed by atoms with Crippen molar-refractivity contribution in [3.8, 4) is 11.3 Å². The maximum atomic E-state index is 13.5. The number of aromatic nitrogens is 2. The molecule has 6 heteroatoms. The van der Waals surface area contributed by atoms with Crippen molar-refractivity contribution in [2.75, 3.05) is 12.4 Å². The second-order valence-electron chi connectivity index (χ2n) is 2.77. The van der Waals surface area contributed by atoms with Crippen molar-refractivity contribution in [1.29, 1.82) is 0 Å². The van der Waals surface area contributed by atoms with E-state index in [1.807, 2.05) is 10.8 Å². The van der Waals surface area contributed by atoms with Gasteiger partial charge in [-0.05, 0) is 15.9 Å². The topological polar surface area (TPSA) is 37.8 Å². The van der Waals surface area contributed by atoms with Crippen LogP contribution in [-0.2, 0) is 0 Å². The number of anilines is 1. The Hall–Kier alpha value is -1.01. The van der Waals surface area contributed by atoms with Crippen LogP contribution in [0.2, 0.25) is 0 Å². The van der Waals surface area contributed by atoms with Gasteiger partial charge in [-0.3, -0.25) is 0 Å². The first-order chi connectivity index (χ1) is 7.22. The predicted octanol–water partition coefficient (Wildman–Crippen LogP) is 3.15. The van der Waals surface area contributed by atoms with E-state index in [2.05, 4.69) is 31.2 Å². The Morgan fingerprint density at radius 1 is 1.47 bits per heavy atom. The van der Waals surface area contributed by atoms with Crippen molar-refractivity contribution in [3.63, 3.8) is 0 Å². The van der Waals surface area contributed by atoms with E-state index in [4.69, 9.17) is 0 Å². The molecule has 2 aromatic heterocycles. The van der Waals surface area contributed by atoms with Crippen LogP contribution in [0.3, 0.4) is 0 Å². The molecule has 0 saturated carbocycles. The quantitative estimate of drug-likeness (QED) is 0.922. The Morgan fingerprint density at radius 2 is 2.27 bits per heavy atom. The van der Waals surface area contributed by atoms with E-state index in [0.29, 0.717) is 11.6 Å². The highest BCUT2D eigenvalue weighted by Crippen LogP contribution is 2.32. The average Bonchev–Trinajstić information content (AvgIpc) is 2.65. The highest BCUT2D eigenvalue weighted by atomic mass is 79.9. The lowest BCUT2D eigenvalue weighted by molar-refractivity contribution is 0.619. The minimum atomic E-state index is -0.423. The molecule has 2 aromatic rings. The summed E-state index contributed by atoms with van der Waals surface area (Å²) in [5, 5.41) is 6.50. The maximum Gasteiger partial charge on any atom is 0.223 e. The van der Waals surface area contributed by atoms with Crippen molar-refractivity contribution < 1.29 is 4.39 Å². The molecule has 2 rings (SSSR count). The van der Waals surface area contributed by atoms with Crippen LogP contribution >= 0.6 is 27.3 Å². The lowest BCUT2D eigenvalue weighted by Crippen LogP contribution is -1.99. The molecule has 0 radical (unpaired) electrons. The molecule has 0 saturated heterocycles. The fourth-order valence-electron chi connectivity index (χ4n) is 1.13. The molecule has 0 aliphatic heterocycles. The highest BCUT2D eigenvalue weighted by molar-refractivity contribution is 9.10. The molecule has 15 heavy (non-hydrogen) atoms. The summed E-state index contributed by atoms with van der Waals surface area (Å²) in [6, 6.07) is 0. The molecule has 0 aliphatic rings. The molecule has 0 fully saturated rings. The molecule has 0 amide bonds. The molecular weight excluding hydrogens is 281 g/mol. The maximum absolute atomic E-state index is 13.5. The van der Waals surface area contributed by atoms with Crippen molar-refractivity contribution in [1.82, 2.24) is 9.97 Å². The number of nitrogens with zero attached hydrogens (tertiary/aromatic N) is 2. The van der Waals surface area contributed by atoms with Crippen LogP contribution in [0.25, 0.3) is 11.3 Å². The molecule has 0 aromatic carbocycles. The molecule has 3 nitrogen and oxygen atoms in total. The largest absolute Gasteiger partial charge is 0.357 e. The van der Waals surface area contributed by atoms with Crippen molar-refractivity contribution in [3.05, 3.63) is 27.2 Å².